The lowest BCUT2D eigenvalue weighted by atomic mass is 10.1. The molecular formula is C17H16ClF2NO4S. The first-order chi connectivity index (χ1) is 12.1. The summed E-state index contributed by atoms with van der Waals surface area (Å²) in [4.78, 5) is 13.8. The summed E-state index contributed by atoms with van der Waals surface area (Å²) in [6, 6.07) is 9.91. The van der Waals surface area contributed by atoms with Crippen molar-refractivity contribution in [3.63, 3.8) is 0 Å². The van der Waals surface area contributed by atoms with E-state index in [2.05, 4.69) is 4.74 Å². The molecule has 0 bridgehead atoms. The molecule has 0 aliphatic heterocycles. The Bertz CT molecular complexity index is 901. The molecule has 26 heavy (non-hydrogen) atoms. The van der Waals surface area contributed by atoms with E-state index in [-0.39, 0.29) is 27.8 Å². The van der Waals surface area contributed by atoms with Gasteiger partial charge in [-0.05, 0) is 35.9 Å². The van der Waals surface area contributed by atoms with E-state index in [4.69, 9.17) is 11.6 Å². The molecule has 0 fully saturated rings. The minimum atomic E-state index is -3.57. The van der Waals surface area contributed by atoms with Crippen molar-refractivity contribution in [1.82, 2.24) is 4.90 Å². The zero-order valence-electron chi connectivity index (χ0n) is 13.9. The second-order valence-corrected chi connectivity index (χ2v) is 7.99. The van der Waals surface area contributed by atoms with E-state index in [1.807, 2.05) is 0 Å². The Morgan fingerprint density at radius 2 is 1.81 bits per heavy atom. The highest BCUT2D eigenvalue weighted by molar-refractivity contribution is 7.90. The Labute approximate surface area is 155 Å². The van der Waals surface area contributed by atoms with Crippen molar-refractivity contribution in [2.45, 2.75) is 18.1 Å². The number of sulfone groups is 1. The number of ether oxygens (including phenoxy) is 1. The maximum Gasteiger partial charge on any atom is 0.387 e. The highest BCUT2D eigenvalue weighted by Crippen LogP contribution is 2.23. The van der Waals surface area contributed by atoms with Crippen LogP contribution < -0.4 is 4.74 Å². The summed E-state index contributed by atoms with van der Waals surface area (Å²) in [6.45, 7) is -2.70. The van der Waals surface area contributed by atoms with Gasteiger partial charge in [0, 0.05) is 25.4 Å². The van der Waals surface area contributed by atoms with E-state index in [1.165, 1.54) is 35.2 Å². The molecule has 0 aliphatic carbocycles. The molecular weight excluding hydrogens is 388 g/mol. The van der Waals surface area contributed by atoms with Gasteiger partial charge in [-0.15, -0.1) is 0 Å². The SMILES string of the molecule is CN(Cc1ccc(OC(F)F)cc1)C(=O)c1ccc(Cl)c(S(C)(=O)=O)c1. The Hall–Kier alpha value is -2.19. The quantitative estimate of drug-likeness (QED) is 0.739. The number of amides is 1. The number of carbonyl (C=O) groups excluding carboxylic acids is 1. The molecule has 0 aliphatic rings. The minimum Gasteiger partial charge on any atom is -0.435 e. The van der Waals surface area contributed by atoms with E-state index in [9.17, 15) is 22.0 Å². The van der Waals surface area contributed by atoms with Crippen LogP contribution in [-0.4, -0.2) is 39.1 Å². The van der Waals surface area contributed by atoms with Crippen LogP contribution in [0.25, 0.3) is 0 Å². The van der Waals surface area contributed by atoms with Gasteiger partial charge in [0.15, 0.2) is 9.84 Å². The summed E-state index contributed by atoms with van der Waals surface area (Å²) in [5.74, 6) is -0.382. The third kappa shape index (κ3) is 5.15. The Kier molecular flexibility index (Phi) is 6.20. The summed E-state index contributed by atoms with van der Waals surface area (Å²) < 4.78 is 52.0. The first-order valence-corrected chi connectivity index (χ1v) is 9.63. The molecule has 0 atom stereocenters. The van der Waals surface area contributed by atoms with E-state index in [0.29, 0.717) is 5.56 Å². The van der Waals surface area contributed by atoms with Crippen molar-refractivity contribution in [1.29, 1.82) is 0 Å². The van der Waals surface area contributed by atoms with Gasteiger partial charge in [0.05, 0.1) is 9.92 Å². The lowest BCUT2D eigenvalue weighted by molar-refractivity contribution is -0.0498. The van der Waals surface area contributed by atoms with Crippen LogP contribution >= 0.6 is 11.6 Å². The van der Waals surface area contributed by atoms with Crippen molar-refractivity contribution < 1.29 is 26.7 Å². The van der Waals surface area contributed by atoms with Gasteiger partial charge in [-0.25, -0.2) is 8.42 Å². The van der Waals surface area contributed by atoms with Crippen LogP contribution in [0.4, 0.5) is 8.78 Å². The zero-order chi connectivity index (χ0) is 19.5. The predicted octanol–water partition coefficient (Wildman–Crippen LogP) is 3.62. The van der Waals surface area contributed by atoms with Crippen LogP contribution in [0.5, 0.6) is 5.75 Å². The van der Waals surface area contributed by atoms with Crippen LogP contribution in [0.15, 0.2) is 47.4 Å². The first-order valence-electron chi connectivity index (χ1n) is 7.37. The fraction of sp³-hybridized carbons (Fsp3) is 0.235. The van der Waals surface area contributed by atoms with Crippen molar-refractivity contribution in [3.05, 3.63) is 58.6 Å². The molecule has 0 saturated heterocycles. The topological polar surface area (TPSA) is 63.7 Å². The normalized spacial score (nSPS) is 11.5. The fourth-order valence-corrected chi connectivity index (χ4v) is 3.56. The highest BCUT2D eigenvalue weighted by atomic mass is 35.5. The number of halogens is 3. The summed E-state index contributed by atoms with van der Waals surface area (Å²) >= 11 is 5.88. The molecule has 2 aromatic rings. The van der Waals surface area contributed by atoms with Gasteiger partial charge in [0.1, 0.15) is 5.75 Å². The fourth-order valence-electron chi connectivity index (χ4n) is 2.26. The van der Waals surface area contributed by atoms with Crippen LogP contribution in [-0.2, 0) is 16.4 Å². The minimum absolute atomic E-state index is 0.0215. The van der Waals surface area contributed by atoms with Crippen LogP contribution in [0.2, 0.25) is 5.02 Å². The molecule has 2 rings (SSSR count). The van der Waals surface area contributed by atoms with Gasteiger partial charge in [-0.1, -0.05) is 23.7 Å². The molecule has 0 radical (unpaired) electrons. The number of nitrogens with zero attached hydrogens (tertiary/aromatic N) is 1. The smallest absolute Gasteiger partial charge is 0.387 e. The van der Waals surface area contributed by atoms with E-state index >= 15 is 0 Å². The largest absolute Gasteiger partial charge is 0.435 e. The molecule has 0 unspecified atom stereocenters. The van der Waals surface area contributed by atoms with Gasteiger partial charge >= 0.3 is 6.61 Å². The van der Waals surface area contributed by atoms with E-state index in [1.54, 1.807) is 19.2 Å². The van der Waals surface area contributed by atoms with Crippen molar-refractivity contribution >= 4 is 27.3 Å². The monoisotopic (exact) mass is 403 g/mol. The summed E-state index contributed by atoms with van der Waals surface area (Å²) in [6.07, 6.45) is 1.01. The third-order valence-electron chi connectivity index (χ3n) is 3.49. The second-order valence-electron chi connectivity index (χ2n) is 5.60. The molecule has 9 heteroatoms. The second kappa shape index (κ2) is 8.01. The summed E-state index contributed by atoms with van der Waals surface area (Å²) in [5.41, 5.74) is 0.870. The molecule has 0 spiro atoms. The van der Waals surface area contributed by atoms with E-state index < -0.39 is 22.4 Å². The molecule has 0 saturated carbocycles. The number of alkyl halides is 2. The highest BCUT2D eigenvalue weighted by Gasteiger charge is 2.18. The van der Waals surface area contributed by atoms with Gasteiger partial charge in [-0.3, -0.25) is 4.79 Å². The number of hydrogen-bond acceptors (Lipinski definition) is 4. The molecule has 5 nitrogen and oxygen atoms in total. The van der Waals surface area contributed by atoms with Gasteiger partial charge in [0.25, 0.3) is 5.91 Å². The average Bonchev–Trinajstić information content (AvgIpc) is 2.55. The van der Waals surface area contributed by atoms with Crippen LogP contribution in [0.3, 0.4) is 0 Å². The number of carbonyl (C=O) groups is 1. The van der Waals surface area contributed by atoms with Crippen molar-refractivity contribution in [2.24, 2.45) is 0 Å². The molecule has 140 valence electrons. The summed E-state index contributed by atoms with van der Waals surface area (Å²) in [7, 11) is -2.02. The molecule has 2 aromatic carbocycles. The molecule has 1 amide bonds. The van der Waals surface area contributed by atoms with E-state index in [0.717, 1.165) is 6.26 Å². The standard InChI is InChI=1S/C17H16ClF2NO4S/c1-21(10-11-3-6-13(7-4-11)25-17(19)20)16(22)12-5-8-14(18)15(9-12)26(2,23)24/h3-9,17H,10H2,1-2H3. The average molecular weight is 404 g/mol. The Morgan fingerprint density at radius 3 is 2.35 bits per heavy atom. The molecule has 0 heterocycles. The zero-order valence-corrected chi connectivity index (χ0v) is 15.5. The van der Waals surface area contributed by atoms with Gasteiger partial charge in [0.2, 0.25) is 0 Å². The van der Waals surface area contributed by atoms with Crippen molar-refractivity contribution in [3.8, 4) is 5.75 Å². The van der Waals surface area contributed by atoms with Crippen molar-refractivity contribution in [2.75, 3.05) is 13.3 Å². The summed E-state index contributed by atoms with van der Waals surface area (Å²) in [5, 5.41) is 0.0429. The lowest BCUT2D eigenvalue weighted by Crippen LogP contribution is -2.26. The van der Waals surface area contributed by atoms with Gasteiger partial charge in [-0.2, -0.15) is 8.78 Å². The maximum absolute atomic E-state index is 12.5. The number of rotatable bonds is 6. The number of hydrogen-bond donors (Lipinski definition) is 0. The van der Waals surface area contributed by atoms with Crippen LogP contribution in [0, 0.1) is 0 Å². The molecule has 0 aromatic heterocycles. The third-order valence-corrected chi connectivity index (χ3v) is 5.07. The number of benzene rings is 2. The Balaban J connectivity index is 2.15. The lowest BCUT2D eigenvalue weighted by Gasteiger charge is -2.18. The first kappa shape index (κ1) is 20.1. The molecule has 0 N–H and O–H groups in total. The van der Waals surface area contributed by atoms with Crippen LogP contribution in [0.1, 0.15) is 15.9 Å². The Morgan fingerprint density at radius 1 is 1.19 bits per heavy atom. The maximum atomic E-state index is 12.5. The van der Waals surface area contributed by atoms with Gasteiger partial charge < -0.3 is 9.64 Å². The predicted molar refractivity (Wildman–Crippen MR) is 93.4 cm³/mol.